The molecule has 2 aliphatic heterocycles. The topological polar surface area (TPSA) is 52.6 Å². The van der Waals surface area contributed by atoms with Crippen molar-refractivity contribution in [3.63, 3.8) is 0 Å². The van der Waals surface area contributed by atoms with Crippen LogP contribution in [0.3, 0.4) is 0 Å². The SMILES string of the molecule is CN1CCC(NC2CCN(S(C)(=O)=O)CC2)CC1. The highest BCUT2D eigenvalue weighted by atomic mass is 32.2. The van der Waals surface area contributed by atoms with Gasteiger partial charge in [-0.25, -0.2) is 12.7 Å². The number of hydrogen-bond acceptors (Lipinski definition) is 4. The lowest BCUT2D eigenvalue weighted by Crippen LogP contribution is -2.50. The zero-order valence-corrected chi connectivity index (χ0v) is 12.2. The van der Waals surface area contributed by atoms with Gasteiger partial charge in [0.05, 0.1) is 6.26 Å². The second-order valence-electron chi connectivity index (χ2n) is 5.68. The van der Waals surface area contributed by atoms with Gasteiger partial charge in [0.1, 0.15) is 0 Å². The van der Waals surface area contributed by atoms with Crippen LogP contribution in [0.15, 0.2) is 0 Å². The Morgan fingerprint density at radius 3 is 1.83 bits per heavy atom. The maximum atomic E-state index is 11.4. The van der Waals surface area contributed by atoms with E-state index in [1.54, 1.807) is 4.31 Å². The molecule has 5 nitrogen and oxygen atoms in total. The molecule has 0 radical (unpaired) electrons. The Hall–Kier alpha value is -0.170. The molecular weight excluding hydrogens is 250 g/mol. The molecule has 0 amide bonds. The summed E-state index contributed by atoms with van der Waals surface area (Å²) in [5.74, 6) is 0. The zero-order valence-electron chi connectivity index (χ0n) is 11.4. The van der Waals surface area contributed by atoms with Gasteiger partial charge in [0, 0.05) is 25.2 Å². The van der Waals surface area contributed by atoms with Gasteiger partial charge in [-0.15, -0.1) is 0 Å². The van der Waals surface area contributed by atoms with Crippen LogP contribution >= 0.6 is 0 Å². The summed E-state index contributed by atoms with van der Waals surface area (Å²) in [5.41, 5.74) is 0. The molecule has 0 atom stereocenters. The predicted molar refractivity (Wildman–Crippen MR) is 73.1 cm³/mol. The fourth-order valence-corrected chi connectivity index (χ4v) is 3.74. The largest absolute Gasteiger partial charge is 0.311 e. The second kappa shape index (κ2) is 5.86. The second-order valence-corrected chi connectivity index (χ2v) is 7.66. The summed E-state index contributed by atoms with van der Waals surface area (Å²) in [4.78, 5) is 2.37. The third-order valence-electron chi connectivity index (χ3n) is 4.11. The Balaban J connectivity index is 1.74. The Bertz CT molecular complexity index is 356. The predicted octanol–water partition coefficient (Wildman–Crippen LogP) is 0.0942. The van der Waals surface area contributed by atoms with Crippen molar-refractivity contribution < 1.29 is 8.42 Å². The van der Waals surface area contributed by atoms with Gasteiger partial charge in [-0.1, -0.05) is 0 Å². The summed E-state index contributed by atoms with van der Waals surface area (Å²) in [7, 11) is -0.823. The van der Waals surface area contributed by atoms with E-state index in [0.717, 1.165) is 12.8 Å². The molecule has 0 aliphatic carbocycles. The van der Waals surface area contributed by atoms with Crippen molar-refractivity contribution in [2.75, 3.05) is 39.5 Å². The molecule has 106 valence electrons. The van der Waals surface area contributed by atoms with E-state index in [0.29, 0.717) is 25.2 Å². The molecule has 18 heavy (non-hydrogen) atoms. The van der Waals surface area contributed by atoms with Crippen LogP contribution in [0.4, 0.5) is 0 Å². The van der Waals surface area contributed by atoms with Gasteiger partial charge in [0.25, 0.3) is 0 Å². The fourth-order valence-electron chi connectivity index (χ4n) is 2.86. The van der Waals surface area contributed by atoms with Crippen molar-refractivity contribution in [1.82, 2.24) is 14.5 Å². The molecule has 0 spiro atoms. The first kappa shape index (κ1) is 14.2. The maximum Gasteiger partial charge on any atom is 0.211 e. The minimum Gasteiger partial charge on any atom is -0.311 e. The van der Waals surface area contributed by atoms with Crippen molar-refractivity contribution in [1.29, 1.82) is 0 Å². The van der Waals surface area contributed by atoms with Crippen LogP contribution in [0.2, 0.25) is 0 Å². The minimum atomic E-state index is -2.99. The normalized spacial score (nSPS) is 26.6. The molecule has 0 saturated carbocycles. The molecule has 0 aromatic rings. The summed E-state index contributed by atoms with van der Waals surface area (Å²) >= 11 is 0. The van der Waals surface area contributed by atoms with Crippen molar-refractivity contribution >= 4 is 10.0 Å². The average Bonchev–Trinajstić information content (AvgIpc) is 2.32. The molecule has 2 saturated heterocycles. The van der Waals surface area contributed by atoms with Crippen LogP contribution in [0.1, 0.15) is 25.7 Å². The van der Waals surface area contributed by atoms with Gasteiger partial charge in [0.15, 0.2) is 0 Å². The number of hydrogen-bond donors (Lipinski definition) is 1. The summed E-state index contributed by atoms with van der Waals surface area (Å²) in [5, 5.41) is 3.70. The van der Waals surface area contributed by atoms with E-state index in [4.69, 9.17) is 0 Å². The van der Waals surface area contributed by atoms with Gasteiger partial charge >= 0.3 is 0 Å². The standard InChI is InChI=1S/C12H25N3O2S/c1-14-7-3-11(4-8-14)13-12-5-9-15(10-6-12)18(2,16)17/h11-13H,3-10H2,1-2H3. The van der Waals surface area contributed by atoms with Crippen LogP contribution in [0, 0.1) is 0 Å². The molecule has 0 aromatic carbocycles. The molecule has 6 heteroatoms. The minimum absolute atomic E-state index is 0.497. The molecule has 0 bridgehead atoms. The molecule has 2 heterocycles. The average molecular weight is 275 g/mol. The van der Waals surface area contributed by atoms with Crippen LogP contribution in [0.5, 0.6) is 0 Å². The van der Waals surface area contributed by atoms with E-state index in [1.807, 2.05) is 0 Å². The third-order valence-corrected chi connectivity index (χ3v) is 5.42. The van der Waals surface area contributed by atoms with E-state index < -0.39 is 10.0 Å². The number of sulfonamides is 1. The lowest BCUT2D eigenvalue weighted by molar-refractivity contribution is 0.204. The highest BCUT2D eigenvalue weighted by molar-refractivity contribution is 7.88. The Labute approximate surface area is 111 Å². The van der Waals surface area contributed by atoms with Gasteiger partial charge in [-0.3, -0.25) is 0 Å². The zero-order chi connectivity index (χ0) is 13.2. The first-order valence-electron chi connectivity index (χ1n) is 6.85. The van der Waals surface area contributed by atoms with Crippen molar-refractivity contribution in [3.8, 4) is 0 Å². The Morgan fingerprint density at radius 1 is 0.944 bits per heavy atom. The molecule has 0 aromatic heterocycles. The van der Waals surface area contributed by atoms with Crippen LogP contribution < -0.4 is 5.32 Å². The quantitative estimate of drug-likeness (QED) is 0.793. The first-order valence-corrected chi connectivity index (χ1v) is 8.69. The van der Waals surface area contributed by atoms with Crippen molar-refractivity contribution in [2.24, 2.45) is 0 Å². The van der Waals surface area contributed by atoms with Crippen molar-refractivity contribution in [2.45, 2.75) is 37.8 Å². The van der Waals surface area contributed by atoms with E-state index in [9.17, 15) is 8.42 Å². The lowest BCUT2D eigenvalue weighted by Gasteiger charge is -2.36. The molecule has 2 aliphatic rings. The molecule has 0 unspecified atom stereocenters. The van der Waals surface area contributed by atoms with E-state index in [2.05, 4.69) is 17.3 Å². The van der Waals surface area contributed by atoms with Crippen LogP contribution in [-0.2, 0) is 10.0 Å². The van der Waals surface area contributed by atoms with Gasteiger partial charge < -0.3 is 10.2 Å². The summed E-state index contributed by atoms with van der Waals surface area (Å²) in [6.45, 7) is 3.67. The smallest absolute Gasteiger partial charge is 0.211 e. The summed E-state index contributed by atoms with van der Waals surface area (Å²) < 4.78 is 24.4. The third kappa shape index (κ3) is 3.91. The molecule has 2 fully saturated rings. The summed E-state index contributed by atoms with van der Waals surface area (Å²) in [6, 6.07) is 1.12. The van der Waals surface area contributed by atoms with E-state index >= 15 is 0 Å². The fraction of sp³-hybridized carbons (Fsp3) is 1.00. The van der Waals surface area contributed by atoms with Crippen LogP contribution in [-0.4, -0.2) is 69.2 Å². The molecular formula is C12H25N3O2S. The van der Waals surface area contributed by atoms with Gasteiger partial charge in [-0.05, 0) is 45.8 Å². The number of nitrogens with one attached hydrogen (secondary N) is 1. The van der Waals surface area contributed by atoms with E-state index in [1.165, 1.54) is 32.2 Å². The van der Waals surface area contributed by atoms with Gasteiger partial charge in [0.2, 0.25) is 10.0 Å². The highest BCUT2D eigenvalue weighted by Gasteiger charge is 2.27. The highest BCUT2D eigenvalue weighted by Crippen LogP contribution is 2.16. The lowest BCUT2D eigenvalue weighted by atomic mass is 10.0. The molecule has 2 rings (SSSR count). The van der Waals surface area contributed by atoms with E-state index in [-0.39, 0.29) is 0 Å². The summed E-state index contributed by atoms with van der Waals surface area (Å²) in [6.07, 6.45) is 5.61. The number of likely N-dealkylation sites (tertiary alicyclic amines) is 1. The number of piperidine rings is 2. The first-order chi connectivity index (χ1) is 8.45. The molecule has 1 N–H and O–H groups in total. The monoisotopic (exact) mass is 275 g/mol. The Kier molecular flexibility index (Phi) is 4.64. The Morgan fingerprint density at radius 2 is 1.39 bits per heavy atom. The van der Waals surface area contributed by atoms with Crippen LogP contribution in [0.25, 0.3) is 0 Å². The maximum absolute atomic E-state index is 11.4. The van der Waals surface area contributed by atoms with Crippen molar-refractivity contribution in [3.05, 3.63) is 0 Å². The van der Waals surface area contributed by atoms with Gasteiger partial charge in [-0.2, -0.15) is 0 Å². The number of nitrogens with zero attached hydrogens (tertiary/aromatic N) is 2. The number of rotatable bonds is 3.